The third kappa shape index (κ3) is 5.05. The Hall–Kier alpha value is -2.32. The Morgan fingerprint density at radius 1 is 1.37 bits per heavy atom. The van der Waals surface area contributed by atoms with E-state index in [9.17, 15) is 4.79 Å². The zero-order valence-corrected chi connectivity index (χ0v) is 19.4. The summed E-state index contributed by atoms with van der Waals surface area (Å²) in [4.78, 5) is 23.5. The Balaban J connectivity index is 1.82. The molecule has 0 fully saturated rings. The van der Waals surface area contributed by atoms with Gasteiger partial charge in [0.05, 0.1) is 5.69 Å². The van der Waals surface area contributed by atoms with Gasteiger partial charge in [0.25, 0.3) is 0 Å². The second kappa shape index (κ2) is 9.22. The average Bonchev–Trinajstić information content (AvgIpc) is 2.70. The van der Waals surface area contributed by atoms with Gasteiger partial charge in [0.1, 0.15) is 11.4 Å². The van der Waals surface area contributed by atoms with Gasteiger partial charge in [-0.15, -0.1) is 0 Å². The van der Waals surface area contributed by atoms with E-state index in [1.54, 1.807) is 4.90 Å². The lowest BCUT2D eigenvalue weighted by Gasteiger charge is -2.36. The SMILES string of the molecule is CNc1nc(SC)ncc1CNC1CCN(C(=O)OC(C)(C)C)c2c(C)cccc21. The smallest absolute Gasteiger partial charge is 0.414 e. The summed E-state index contributed by atoms with van der Waals surface area (Å²) in [7, 11) is 1.87. The quantitative estimate of drug-likeness (QED) is 0.534. The van der Waals surface area contributed by atoms with Crippen molar-refractivity contribution in [3.05, 3.63) is 41.1 Å². The Bertz CT molecular complexity index is 913. The van der Waals surface area contributed by atoms with Crippen molar-refractivity contribution in [3.63, 3.8) is 0 Å². The number of hydrogen-bond donors (Lipinski definition) is 2. The Morgan fingerprint density at radius 2 is 2.13 bits per heavy atom. The van der Waals surface area contributed by atoms with Crippen molar-refractivity contribution in [3.8, 4) is 0 Å². The molecule has 3 rings (SSSR count). The number of nitrogens with zero attached hydrogens (tertiary/aromatic N) is 3. The molecular formula is C22H31N5O2S. The summed E-state index contributed by atoms with van der Waals surface area (Å²) in [5.41, 5.74) is 3.60. The van der Waals surface area contributed by atoms with Gasteiger partial charge < -0.3 is 15.4 Å². The topological polar surface area (TPSA) is 79.4 Å². The van der Waals surface area contributed by atoms with E-state index < -0.39 is 5.60 Å². The van der Waals surface area contributed by atoms with Crippen molar-refractivity contribution < 1.29 is 9.53 Å². The lowest BCUT2D eigenvalue weighted by molar-refractivity contribution is 0.0575. The molecule has 1 aromatic heterocycles. The number of ether oxygens (including phenoxy) is 1. The van der Waals surface area contributed by atoms with Gasteiger partial charge in [-0.25, -0.2) is 14.8 Å². The predicted molar refractivity (Wildman–Crippen MR) is 122 cm³/mol. The molecule has 0 saturated heterocycles. The lowest BCUT2D eigenvalue weighted by atomic mass is 9.93. The molecule has 1 aliphatic heterocycles. The molecule has 1 amide bonds. The molecule has 1 aromatic carbocycles. The van der Waals surface area contributed by atoms with Gasteiger partial charge in [0.2, 0.25) is 0 Å². The van der Waals surface area contributed by atoms with Gasteiger partial charge in [0, 0.05) is 37.9 Å². The number of aryl methyl sites for hydroxylation is 1. The number of carbonyl (C=O) groups excluding carboxylic acids is 1. The molecule has 1 atom stereocenters. The lowest BCUT2D eigenvalue weighted by Crippen LogP contribution is -2.42. The molecule has 0 bridgehead atoms. The van der Waals surface area contributed by atoms with E-state index in [0.29, 0.717) is 13.1 Å². The summed E-state index contributed by atoms with van der Waals surface area (Å²) in [5, 5.41) is 7.54. The maximum atomic E-state index is 12.8. The summed E-state index contributed by atoms with van der Waals surface area (Å²) in [6.07, 6.45) is 4.33. The third-order valence-electron chi connectivity index (χ3n) is 4.97. The minimum Gasteiger partial charge on any atom is -0.443 e. The number of anilines is 2. The molecule has 2 heterocycles. The van der Waals surface area contributed by atoms with Crippen LogP contribution in [0.4, 0.5) is 16.3 Å². The number of hydrogen-bond acceptors (Lipinski definition) is 7. The highest BCUT2D eigenvalue weighted by Gasteiger charge is 2.32. The maximum absolute atomic E-state index is 12.8. The number of amides is 1. The molecule has 0 saturated carbocycles. The minimum absolute atomic E-state index is 0.128. The van der Waals surface area contributed by atoms with E-state index in [1.165, 1.54) is 11.8 Å². The predicted octanol–water partition coefficient (Wildman–Crippen LogP) is 4.52. The maximum Gasteiger partial charge on any atom is 0.414 e. The van der Waals surface area contributed by atoms with Crippen molar-refractivity contribution in [1.82, 2.24) is 15.3 Å². The number of thioether (sulfide) groups is 1. The van der Waals surface area contributed by atoms with Gasteiger partial charge in [0.15, 0.2) is 5.16 Å². The molecule has 0 spiro atoms. The largest absolute Gasteiger partial charge is 0.443 e. The molecule has 1 aliphatic rings. The number of carbonyl (C=O) groups is 1. The van der Waals surface area contributed by atoms with Crippen LogP contribution in [0.1, 0.15) is 49.9 Å². The molecule has 1 unspecified atom stereocenters. The third-order valence-corrected chi connectivity index (χ3v) is 5.53. The van der Waals surface area contributed by atoms with Crippen LogP contribution in [0.3, 0.4) is 0 Å². The van der Waals surface area contributed by atoms with Crippen LogP contribution >= 0.6 is 11.8 Å². The van der Waals surface area contributed by atoms with Crippen molar-refractivity contribution in [1.29, 1.82) is 0 Å². The first kappa shape index (κ1) is 22.4. The normalized spacial score (nSPS) is 16.2. The molecule has 30 heavy (non-hydrogen) atoms. The van der Waals surface area contributed by atoms with E-state index in [-0.39, 0.29) is 12.1 Å². The van der Waals surface area contributed by atoms with Crippen LogP contribution in [0.2, 0.25) is 0 Å². The van der Waals surface area contributed by atoms with E-state index in [1.807, 2.05) is 59.3 Å². The highest BCUT2D eigenvalue weighted by atomic mass is 32.2. The van der Waals surface area contributed by atoms with Crippen molar-refractivity contribution >= 4 is 29.4 Å². The summed E-state index contributed by atoms with van der Waals surface area (Å²) >= 11 is 1.52. The van der Waals surface area contributed by atoms with Crippen LogP contribution in [0.15, 0.2) is 29.6 Å². The van der Waals surface area contributed by atoms with Crippen LogP contribution in [0, 0.1) is 6.92 Å². The molecular weight excluding hydrogens is 398 g/mol. The van der Waals surface area contributed by atoms with Crippen molar-refractivity contribution in [2.45, 2.75) is 57.5 Å². The van der Waals surface area contributed by atoms with Crippen LogP contribution in [0.5, 0.6) is 0 Å². The van der Waals surface area contributed by atoms with Gasteiger partial charge in [-0.2, -0.15) is 0 Å². The van der Waals surface area contributed by atoms with Crippen molar-refractivity contribution in [2.75, 3.05) is 30.1 Å². The van der Waals surface area contributed by atoms with Gasteiger partial charge >= 0.3 is 6.09 Å². The number of benzene rings is 1. The molecule has 8 heteroatoms. The number of fused-ring (bicyclic) bond motifs is 1. The van der Waals surface area contributed by atoms with Crippen molar-refractivity contribution in [2.24, 2.45) is 0 Å². The highest BCUT2D eigenvalue weighted by molar-refractivity contribution is 7.98. The summed E-state index contributed by atoms with van der Waals surface area (Å²) < 4.78 is 5.65. The fraction of sp³-hybridized carbons (Fsp3) is 0.500. The fourth-order valence-electron chi connectivity index (χ4n) is 3.64. The minimum atomic E-state index is -0.526. The number of para-hydroxylation sites is 1. The van der Waals surface area contributed by atoms with Gasteiger partial charge in [-0.3, -0.25) is 4.90 Å². The Labute approximate surface area is 183 Å². The zero-order valence-electron chi connectivity index (χ0n) is 18.6. The van der Waals surface area contributed by atoms with E-state index in [4.69, 9.17) is 4.74 Å². The summed E-state index contributed by atoms with van der Waals surface area (Å²) in [6.45, 7) is 8.94. The molecule has 0 radical (unpaired) electrons. The van der Waals surface area contributed by atoms with Gasteiger partial charge in [-0.05, 0) is 51.5 Å². The van der Waals surface area contributed by atoms with Crippen LogP contribution < -0.4 is 15.5 Å². The number of nitrogens with one attached hydrogen (secondary N) is 2. The van der Waals surface area contributed by atoms with E-state index >= 15 is 0 Å². The summed E-state index contributed by atoms with van der Waals surface area (Å²) in [5.74, 6) is 0.831. The monoisotopic (exact) mass is 429 g/mol. The zero-order chi connectivity index (χ0) is 21.9. The summed E-state index contributed by atoms with van der Waals surface area (Å²) in [6, 6.07) is 6.29. The first-order chi connectivity index (χ1) is 14.2. The number of rotatable bonds is 5. The molecule has 0 aliphatic carbocycles. The van der Waals surface area contributed by atoms with Crippen LogP contribution in [-0.4, -0.2) is 41.5 Å². The first-order valence-electron chi connectivity index (χ1n) is 10.1. The Morgan fingerprint density at radius 3 is 2.80 bits per heavy atom. The highest BCUT2D eigenvalue weighted by Crippen LogP contribution is 2.37. The van der Waals surface area contributed by atoms with Crippen LogP contribution in [-0.2, 0) is 11.3 Å². The average molecular weight is 430 g/mol. The standard InChI is InChI=1S/C22H31N5O2S/c1-14-8-7-9-16-17(10-11-27(18(14)16)21(28)29-22(2,3)4)24-12-15-13-25-20(30-6)26-19(15)23-5/h7-9,13,17,24H,10-12H2,1-6H3,(H,23,25,26). The second-order valence-corrected chi connectivity index (χ2v) is 9.12. The fourth-order valence-corrected chi connectivity index (χ4v) is 3.98. The molecule has 2 N–H and O–H groups in total. The van der Waals surface area contributed by atoms with E-state index in [2.05, 4.69) is 26.7 Å². The molecule has 2 aromatic rings. The Kier molecular flexibility index (Phi) is 6.88. The number of aromatic nitrogens is 2. The first-order valence-corrected chi connectivity index (χ1v) is 11.4. The second-order valence-electron chi connectivity index (χ2n) is 8.35. The van der Waals surface area contributed by atoms with E-state index in [0.717, 1.165) is 39.8 Å². The molecule has 7 nitrogen and oxygen atoms in total. The molecule has 162 valence electrons. The van der Waals surface area contributed by atoms with Crippen LogP contribution in [0.25, 0.3) is 0 Å². The van der Waals surface area contributed by atoms with Gasteiger partial charge in [-0.1, -0.05) is 30.0 Å².